The third-order valence-electron chi connectivity index (χ3n) is 3.83. The highest BCUT2D eigenvalue weighted by Crippen LogP contribution is 2.28. The van der Waals surface area contributed by atoms with Crippen LogP contribution >= 0.6 is 11.3 Å². The summed E-state index contributed by atoms with van der Waals surface area (Å²) in [6, 6.07) is 10.8. The van der Waals surface area contributed by atoms with Crippen LogP contribution in [0, 0.1) is 0 Å². The van der Waals surface area contributed by atoms with E-state index in [1.54, 1.807) is 31.4 Å². The lowest BCUT2D eigenvalue weighted by atomic mass is 10.1. The smallest absolute Gasteiger partial charge is 0.294 e. The number of anilines is 1. The molecular formula is C17H14N8O3S. The summed E-state index contributed by atoms with van der Waals surface area (Å²) in [6.45, 7) is 0. The number of ether oxygens (including phenoxy) is 1. The van der Waals surface area contributed by atoms with Crippen LogP contribution in [0.5, 0.6) is 5.75 Å². The molecule has 0 fully saturated rings. The highest BCUT2D eigenvalue weighted by atomic mass is 32.1. The molecule has 4 aromatic rings. The van der Waals surface area contributed by atoms with E-state index in [0.717, 1.165) is 4.88 Å². The zero-order chi connectivity index (χ0) is 20.2. The molecule has 0 aliphatic heterocycles. The van der Waals surface area contributed by atoms with Crippen molar-refractivity contribution in [3.05, 3.63) is 52.3 Å². The van der Waals surface area contributed by atoms with Crippen LogP contribution < -0.4 is 15.9 Å². The Labute approximate surface area is 167 Å². The molecule has 0 saturated carbocycles. The number of nitrogens with zero attached hydrogens (tertiary/aromatic N) is 6. The number of nitrogens with two attached hydrogens (primary N) is 1. The Morgan fingerprint density at radius 3 is 2.97 bits per heavy atom. The molecule has 12 heteroatoms. The Balaban J connectivity index is 1.74. The van der Waals surface area contributed by atoms with E-state index < -0.39 is 5.91 Å². The summed E-state index contributed by atoms with van der Waals surface area (Å²) >= 11 is 1.49. The predicted molar refractivity (Wildman–Crippen MR) is 105 cm³/mol. The van der Waals surface area contributed by atoms with Gasteiger partial charge in [0.25, 0.3) is 5.91 Å². The number of aromatic nitrogens is 5. The number of benzene rings is 1. The molecule has 3 aromatic heterocycles. The number of carbonyl (C=O) groups is 1. The van der Waals surface area contributed by atoms with Gasteiger partial charge in [-0.1, -0.05) is 23.4 Å². The molecule has 0 spiro atoms. The van der Waals surface area contributed by atoms with E-state index in [4.69, 9.17) is 10.5 Å². The second-order valence-electron chi connectivity index (χ2n) is 5.62. The van der Waals surface area contributed by atoms with Crippen LogP contribution in [0.4, 0.5) is 5.82 Å². The first-order valence-corrected chi connectivity index (χ1v) is 9.11. The summed E-state index contributed by atoms with van der Waals surface area (Å²) in [6.07, 6.45) is 1.54. The first kappa shape index (κ1) is 18.3. The molecule has 0 saturated heterocycles. The molecule has 0 radical (unpaired) electrons. The summed E-state index contributed by atoms with van der Waals surface area (Å²) in [7, 11) is 1.54. The molecule has 0 bridgehead atoms. The lowest BCUT2D eigenvalue weighted by molar-refractivity contribution is 0.0950. The van der Waals surface area contributed by atoms with Crippen molar-refractivity contribution in [2.75, 3.05) is 12.8 Å². The van der Waals surface area contributed by atoms with Crippen LogP contribution in [-0.4, -0.2) is 44.5 Å². The number of amides is 1. The largest absolute Gasteiger partial charge is 0.497 e. The molecule has 3 N–H and O–H groups in total. The van der Waals surface area contributed by atoms with Gasteiger partial charge in [-0.15, -0.1) is 16.4 Å². The predicted octanol–water partition coefficient (Wildman–Crippen LogP) is 1.73. The molecule has 146 valence electrons. The van der Waals surface area contributed by atoms with Crippen LogP contribution in [-0.2, 0) is 0 Å². The fourth-order valence-corrected chi connectivity index (χ4v) is 3.11. The topological polar surface area (TPSA) is 146 Å². The van der Waals surface area contributed by atoms with E-state index >= 15 is 0 Å². The summed E-state index contributed by atoms with van der Waals surface area (Å²) in [5.41, 5.74) is 9.19. The van der Waals surface area contributed by atoms with Crippen LogP contribution in [0.15, 0.2) is 51.5 Å². The maximum absolute atomic E-state index is 12.7. The van der Waals surface area contributed by atoms with Gasteiger partial charge in [-0.25, -0.2) is 10.1 Å². The van der Waals surface area contributed by atoms with E-state index in [9.17, 15) is 4.79 Å². The van der Waals surface area contributed by atoms with Crippen molar-refractivity contribution in [1.82, 2.24) is 30.7 Å². The van der Waals surface area contributed by atoms with Gasteiger partial charge >= 0.3 is 0 Å². The maximum Gasteiger partial charge on any atom is 0.294 e. The molecule has 11 nitrogen and oxygen atoms in total. The van der Waals surface area contributed by atoms with Gasteiger partial charge in [-0.05, 0) is 33.9 Å². The van der Waals surface area contributed by atoms with E-state index in [0.29, 0.717) is 17.0 Å². The molecule has 29 heavy (non-hydrogen) atoms. The van der Waals surface area contributed by atoms with Crippen molar-refractivity contribution in [3.8, 4) is 22.8 Å². The van der Waals surface area contributed by atoms with E-state index in [2.05, 4.69) is 35.8 Å². The SMILES string of the molecule is COc1cccc(-c2c(C(=O)NN=Cc3cccs3)nnn2-c2nonc2N)c1. The molecule has 1 amide bonds. The standard InChI is InChI=1S/C17H14N8O3S/c1-27-11-5-2-4-10(8-11)14-13(17(26)21-19-9-12-6-3-7-29-12)20-24-25(14)16-15(18)22-28-23-16/h2-9H,1H3,(H2,18,22)(H,21,26). The van der Waals surface area contributed by atoms with Crippen LogP contribution in [0.25, 0.3) is 17.1 Å². The first-order valence-electron chi connectivity index (χ1n) is 8.23. The third kappa shape index (κ3) is 3.68. The lowest BCUT2D eigenvalue weighted by Gasteiger charge is -2.07. The second kappa shape index (κ2) is 7.90. The number of methoxy groups -OCH3 is 1. The van der Waals surface area contributed by atoms with Crippen molar-refractivity contribution < 1.29 is 14.2 Å². The van der Waals surface area contributed by atoms with Crippen LogP contribution in [0.2, 0.25) is 0 Å². The van der Waals surface area contributed by atoms with Crippen molar-refractivity contribution in [3.63, 3.8) is 0 Å². The number of thiophene rings is 1. The van der Waals surface area contributed by atoms with Crippen molar-refractivity contribution in [2.45, 2.75) is 0 Å². The fraction of sp³-hybridized carbons (Fsp3) is 0.0588. The zero-order valence-corrected chi connectivity index (χ0v) is 15.8. The average Bonchev–Trinajstić information content (AvgIpc) is 3.48. The van der Waals surface area contributed by atoms with Gasteiger partial charge < -0.3 is 10.5 Å². The number of rotatable bonds is 6. The van der Waals surface area contributed by atoms with E-state index in [1.807, 2.05) is 17.5 Å². The molecular weight excluding hydrogens is 396 g/mol. The van der Waals surface area contributed by atoms with Gasteiger partial charge in [-0.2, -0.15) is 9.78 Å². The minimum Gasteiger partial charge on any atom is -0.497 e. The highest BCUT2D eigenvalue weighted by Gasteiger charge is 2.25. The Bertz CT molecular complexity index is 1170. The average molecular weight is 410 g/mol. The summed E-state index contributed by atoms with van der Waals surface area (Å²) in [5.74, 6) is 0.138. The number of carbonyl (C=O) groups excluding carboxylic acids is 1. The fourth-order valence-electron chi connectivity index (χ4n) is 2.52. The molecule has 0 aliphatic rings. The molecule has 1 aromatic carbocycles. The van der Waals surface area contributed by atoms with Gasteiger partial charge in [0.05, 0.1) is 13.3 Å². The monoisotopic (exact) mass is 410 g/mol. The van der Waals surface area contributed by atoms with Crippen molar-refractivity contribution >= 4 is 29.3 Å². The normalized spacial score (nSPS) is 11.1. The highest BCUT2D eigenvalue weighted by molar-refractivity contribution is 7.11. The Morgan fingerprint density at radius 1 is 1.34 bits per heavy atom. The Hall–Kier alpha value is -4.06. The third-order valence-corrected chi connectivity index (χ3v) is 4.63. The number of nitrogen functional groups attached to an aromatic ring is 1. The first-order chi connectivity index (χ1) is 14.2. The minimum absolute atomic E-state index is 0.00159. The van der Waals surface area contributed by atoms with Gasteiger partial charge in [0.1, 0.15) is 11.4 Å². The van der Waals surface area contributed by atoms with E-state index in [-0.39, 0.29) is 17.3 Å². The number of hydrogen-bond donors (Lipinski definition) is 2. The molecule has 4 rings (SSSR count). The lowest BCUT2D eigenvalue weighted by Crippen LogP contribution is -2.19. The summed E-state index contributed by atoms with van der Waals surface area (Å²) in [4.78, 5) is 13.6. The van der Waals surface area contributed by atoms with E-state index in [1.165, 1.54) is 22.2 Å². The van der Waals surface area contributed by atoms with Crippen molar-refractivity contribution in [2.24, 2.45) is 5.10 Å². The van der Waals surface area contributed by atoms with Gasteiger partial charge in [-0.3, -0.25) is 4.79 Å². The zero-order valence-electron chi connectivity index (χ0n) is 15.0. The van der Waals surface area contributed by atoms with Crippen LogP contribution in [0.1, 0.15) is 15.4 Å². The molecule has 0 unspecified atom stereocenters. The second-order valence-corrected chi connectivity index (χ2v) is 6.60. The Kier molecular flexibility index (Phi) is 4.99. The molecule has 0 atom stereocenters. The quantitative estimate of drug-likeness (QED) is 0.361. The summed E-state index contributed by atoms with van der Waals surface area (Å²) in [5, 5.41) is 21.1. The number of hydrazone groups is 1. The van der Waals surface area contributed by atoms with Crippen molar-refractivity contribution in [1.29, 1.82) is 0 Å². The maximum atomic E-state index is 12.7. The van der Waals surface area contributed by atoms with Crippen LogP contribution in [0.3, 0.4) is 0 Å². The van der Waals surface area contributed by atoms with Gasteiger partial charge in [0.2, 0.25) is 11.6 Å². The Morgan fingerprint density at radius 2 is 2.24 bits per heavy atom. The molecule has 3 heterocycles. The van der Waals surface area contributed by atoms with Gasteiger partial charge in [0.15, 0.2) is 5.69 Å². The minimum atomic E-state index is -0.558. The number of hydrogen-bond acceptors (Lipinski definition) is 10. The molecule has 0 aliphatic carbocycles. The van der Waals surface area contributed by atoms with Gasteiger partial charge in [0, 0.05) is 10.4 Å². The number of nitrogens with one attached hydrogen (secondary N) is 1. The summed E-state index contributed by atoms with van der Waals surface area (Å²) < 4.78 is 11.2.